The summed E-state index contributed by atoms with van der Waals surface area (Å²) in [4.78, 5) is 12.3. The molecule has 0 fully saturated rings. The Hall–Kier alpha value is -2.60. The van der Waals surface area contributed by atoms with Crippen molar-refractivity contribution in [1.82, 2.24) is 10.2 Å². The van der Waals surface area contributed by atoms with Gasteiger partial charge in [0, 0.05) is 23.4 Å². The molecule has 106 valence electrons. The quantitative estimate of drug-likeness (QED) is 0.677. The molecule has 0 aliphatic rings. The number of H-pyrrole nitrogens is 1. The summed E-state index contributed by atoms with van der Waals surface area (Å²) in [6.45, 7) is 0.617. The Morgan fingerprint density at radius 3 is 3.00 bits per heavy atom. The number of rotatable bonds is 5. The second-order valence-corrected chi connectivity index (χ2v) is 5.49. The molecular weight excluding hydrogens is 284 g/mol. The molecule has 0 saturated heterocycles. The van der Waals surface area contributed by atoms with Crippen LogP contribution in [0.3, 0.4) is 0 Å². The predicted octanol–water partition coefficient (Wildman–Crippen LogP) is 2.85. The van der Waals surface area contributed by atoms with Crippen molar-refractivity contribution < 1.29 is 4.79 Å². The van der Waals surface area contributed by atoms with Crippen molar-refractivity contribution in [1.29, 1.82) is 0 Å². The third-order valence-corrected chi connectivity index (χ3v) is 4.00. The smallest absolute Gasteiger partial charge is 0.248 e. The highest BCUT2D eigenvalue weighted by atomic mass is 32.1. The molecule has 0 spiro atoms. The second-order valence-electron chi connectivity index (χ2n) is 4.55. The molecule has 1 aromatic carbocycles. The lowest BCUT2D eigenvalue weighted by molar-refractivity contribution is 0.100. The third-order valence-electron chi connectivity index (χ3n) is 3.12. The zero-order valence-corrected chi connectivity index (χ0v) is 12.0. The Bertz CT molecular complexity index is 749. The Labute approximate surface area is 125 Å². The van der Waals surface area contributed by atoms with E-state index in [1.54, 1.807) is 35.7 Å². The highest BCUT2D eigenvalue weighted by Gasteiger charge is 2.08. The number of hydrogen-bond acceptors (Lipinski definition) is 4. The zero-order valence-electron chi connectivity index (χ0n) is 11.2. The summed E-state index contributed by atoms with van der Waals surface area (Å²) in [6.07, 6.45) is 1.81. The number of carbonyl (C=O) groups excluding carboxylic acids is 1. The fourth-order valence-corrected chi connectivity index (χ4v) is 2.81. The van der Waals surface area contributed by atoms with Gasteiger partial charge in [0.2, 0.25) is 5.91 Å². The van der Waals surface area contributed by atoms with E-state index in [-0.39, 0.29) is 0 Å². The number of thiophene rings is 1. The first-order valence-electron chi connectivity index (χ1n) is 6.44. The fourth-order valence-electron chi connectivity index (χ4n) is 2.06. The van der Waals surface area contributed by atoms with Crippen LogP contribution in [0.15, 0.2) is 48.0 Å². The Morgan fingerprint density at radius 1 is 1.33 bits per heavy atom. The predicted molar refractivity (Wildman–Crippen MR) is 84.2 cm³/mol. The van der Waals surface area contributed by atoms with Crippen LogP contribution in [0.4, 0.5) is 5.69 Å². The number of amides is 1. The maximum absolute atomic E-state index is 11.2. The van der Waals surface area contributed by atoms with Crippen LogP contribution in [-0.4, -0.2) is 16.1 Å². The van der Waals surface area contributed by atoms with Gasteiger partial charge in [-0.3, -0.25) is 9.89 Å². The van der Waals surface area contributed by atoms with Gasteiger partial charge in [-0.1, -0.05) is 12.1 Å². The molecule has 2 heterocycles. The number of anilines is 1. The van der Waals surface area contributed by atoms with E-state index < -0.39 is 5.91 Å². The van der Waals surface area contributed by atoms with Crippen molar-refractivity contribution >= 4 is 22.9 Å². The summed E-state index contributed by atoms with van der Waals surface area (Å²) in [7, 11) is 0. The van der Waals surface area contributed by atoms with Gasteiger partial charge in [0.15, 0.2) is 0 Å². The minimum absolute atomic E-state index is 0.429. The molecular formula is C15H14N4OS. The topological polar surface area (TPSA) is 83.8 Å². The molecule has 0 saturated carbocycles. The zero-order chi connectivity index (χ0) is 14.7. The van der Waals surface area contributed by atoms with Crippen LogP contribution in [0.1, 0.15) is 15.9 Å². The van der Waals surface area contributed by atoms with E-state index >= 15 is 0 Å². The summed E-state index contributed by atoms with van der Waals surface area (Å²) in [6, 6.07) is 11.2. The second kappa shape index (κ2) is 5.80. The number of nitrogens with two attached hydrogens (primary N) is 1. The molecule has 0 radical (unpaired) electrons. The summed E-state index contributed by atoms with van der Waals surface area (Å²) in [5.74, 6) is -0.429. The number of nitrogens with one attached hydrogen (secondary N) is 2. The SMILES string of the molecule is NC(=O)c1cccc(NCc2cn[nH]c2-c2cccs2)c1. The monoisotopic (exact) mass is 298 g/mol. The van der Waals surface area contributed by atoms with Gasteiger partial charge >= 0.3 is 0 Å². The number of hydrogen-bond donors (Lipinski definition) is 3. The molecule has 6 heteroatoms. The maximum Gasteiger partial charge on any atom is 0.248 e. The minimum atomic E-state index is -0.429. The summed E-state index contributed by atoms with van der Waals surface area (Å²) >= 11 is 1.66. The van der Waals surface area contributed by atoms with Crippen LogP contribution in [0.2, 0.25) is 0 Å². The molecule has 1 amide bonds. The lowest BCUT2D eigenvalue weighted by Gasteiger charge is -2.07. The Kier molecular flexibility index (Phi) is 3.70. The highest BCUT2D eigenvalue weighted by molar-refractivity contribution is 7.13. The summed E-state index contributed by atoms with van der Waals surface area (Å²) < 4.78 is 0. The van der Waals surface area contributed by atoms with E-state index in [1.807, 2.05) is 17.5 Å². The summed E-state index contributed by atoms with van der Waals surface area (Å²) in [5.41, 5.74) is 8.71. The van der Waals surface area contributed by atoms with Crippen LogP contribution >= 0.6 is 11.3 Å². The normalized spacial score (nSPS) is 10.5. The molecule has 3 rings (SSSR count). The van der Waals surface area contributed by atoms with Crippen molar-refractivity contribution in [2.24, 2.45) is 5.73 Å². The molecule has 0 atom stereocenters. The molecule has 21 heavy (non-hydrogen) atoms. The van der Waals surface area contributed by atoms with Crippen LogP contribution in [0.5, 0.6) is 0 Å². The average Bonchev–Trinajstić information content (AvgIpc) is 3.16. The van der Waals surface area contributed by atoms with E-state index in [9.17, 15) is 4.79 Å². The van der Waals surface area contributed by atoms with Gasteiger partial charge < -0.3 is 11.1 Å². The van der Waals surface area contributed by atoms with Crippen LogP contribution in [0, 0.1) is 0 Å². The number of aromatic nitrogens is 2. The molecule has 0 aliphatic carbocycles. The van der Waals surface area contributed by atoms with Gasteiger partial charge in [0.05, 0.1) is 16.8 Å². The van der Waals surface area contributed by atoms with E-state index in [2.05, 4.69) is 21.6 Å². The van der Waals surface area contributed by atoms with Crippen molar-refractivity contribution in [3.8, 4) is 10.6 Å². The number of carbonyl (C=O) groups is 1. The van der Waals surface area contributed by atoms with Crippen molar-refractivity contribution in [3.05, 3.63) is 59.1 Å². The first-order chi connectivity index (χ1) is 10.2. The third kappa shape index (κ3) is 2.95. The minimum Gasteiger partial charge on any atom is -0.381 e. The largest absolute Gasteiger partial charge is 0.381 e. The first-order valence-corrected chi connectivity index (χ1v) is 7.32. The van der Waals surface area contributed by atoms with Gasteiger partial charge in [-0.15, -0.1) is 11.3 Å². The van der Waals surface area contributed by atoms with Gasteiger partial charge in [-0.05, 0) is 29.6 Å². The van der Waals surface area contributed by atoms with Crippen LogP contribution < -0.4 is 11.1 Å². The standard InChI is InChI=1S/C15H14N4OS/c16-15(20)10-3-1-4-12(7-10)17-8-11-9-18-19-14(11)13-5-2-6-21-13/h1-7,9,17H,8H2,(H2,16,20)(H,18,19). The maximum atomic E-state index is 11.2. The fraction of sp³-hybridized carbons (Fsp3) is 0.0667. The van der Waals surface area contributed by atoms with Crippen LogP contribution in [-0.2, 0) is 6.54 Å². The lowest BCUT2D eigenvalue weighted by Crippen LogP contribution is -2.11. The summed E-state index contributed by atoms with van der Waals surface area (Å²) in [5, 5.41) is 12.4. The number of aromatic amines is 1. The van der Waals surface area contributed by atoms with E-state index in [4.69, 9.17) is 5.73 Å². The van der Waals surface area contributed by atoms with Crippen LogP contribution in [0.25, 0.3) is 10.6 Å². The number of benzene rings is 1. The molecule has 2 aromatic heterocycles. The van der Waals surface area contributed by atoms with Crippen molar-refractivity contribution in [2.45, 2.75) is 6.54 Å². The number of primary amides is 1. The van der Waals surface area contributed by atoms with E-state index in [1.165, 1.54) is 0 Å². The van der Waals surface area contributed by atoms with Gasteiger partial charge in [-0.2, -0.15) is 5.10 Å². The van der Waals surface area contributed by atoms with E-state index in [0.717, 1.165) is 21.8 Å². The van der Waals surface area contributed by atoms with E-state index in [0.29, 0.717) is 12.1 Å². The van der Waals surface area contributed by atoms with Gasteiger partial charge in [-0.25, -0.2) is 0 Å². The Morgan fingerprint density at radius 2 is 2.24 bits per heavy atom. The first kappa shape index (κ1) is 13.4. The number of nitrogens with zero attached hydrogens (tertiary/aromatic N) is 1. The van der Waals surface area contributed by atoms with Gasteiger partial charge in [0.25, 0.3) is 0 Å². The Balaban J connectivity index is 1.76. The molecule has 5 nitrogen and oxygen atoms in total. The van der Waals surface area contributed by atoms with Crippen molar-refractivity contribution in [3.63, 3.8) is 0 Å². The molecule has 0 unspecified atom stereocenters. The lowest BCUT2D eigenvalue weighted by atomic mass is 10.1. The molecule has 3 aromatic rings. The molecule has 0 aliphatic heterocycles. The highest BCUT2D eigenvalue weighted by Crippen LogP contribution is 2.26. The molecule has 0 bridgehead atoms. The van der Waals surface area contributed by atoms with Crippen molar-refractivity contribution in [2.75, 3.05) is 5.32 Å². The molecule has 4 N–H and O–H groups in total. The van der Waals surface area contributed by atoms with Gasteiger partial charge in [0.1, 0.15) is 0 Å². The average molecular weight is 298 g/mol.